The number of benzene rings is 1. The number of nitrogens with one attached hydrogen (secondary N) is 1. The van der Waals surface area contributed by atoms with Gasteiger partial charge in [-0.3, -0.25) is 0 Å². The van der Waals surface area contributed by atoms with Gasteiger partial charge < -0.3 is 5.32 Å². The summed E-state index contributed by atoms with van der Waals surface area (Å²) in [6.07, 6.45) is 2.71. The molecule has 84 valence electrons. The summed E-state index contributed by atoms with van der Waals surface area (Å²) < 4.78 is 0. The van der Waals surface area contributed by atoms with E-state index in [4.69, 9.17) is 5.26 Å². The molecule has 0 aromatic heterocycles. The number of rotatable bonds is 5. The first-order valence-electron chi connectivity index (χ1n) is 5.55. The normalized spacial score (nSPS) is 13.2. The van der Waals surface area contributed by atoms with Crippen LogP contribution >= 0.6 is 0 Å². The summed E-state index contributed by atoms with van der Waals surface area (Å²) in [6, 6.07) is 12.7. The van der Waals surface area contributed by atoms with Gasteiger partial charge >= 0.3 is 0 Å². The van der Waals surface area contributed by atoms with Crippen LogP contribution in [-0.4, -0.2) is 12.6 Å². The molecule has 1 aromatic carbocycles. The highest BCUT2D eigenvalue weighted by molar-refractivity contribution is 5.52. The van der Waals surface area contributed by atoms with E-state index in [9.17, 15) is 0 Å². The van der Waals surface area contributed by atoms with Crippen LogP contribution < -0.4 is 5.32 Å². The van der Waals surface area contributed by atoms with Crippen LogP contribution in [0.5, 0.6) is 0 Å². The predicted octanol–water partition coefficient (Wildman–Crippen LogP) is 2.98. The maximum absolute atomic E-state index is 8.53. The van der Waals surface area contributed by atoms with Gasteiger partial charge in [0.25, 0.3) is 0 Å². The lowest BCUT2D eigenvalue weighted by Crippen LogP contribution is -2.26. The van der Waals surface area contributed by atoms with E-state index >= 15 is 0 Å². The zero-order valence-electron chi connectivity index (χ0n) is 9.90. The van der Waals surface area contributed by atoms with E-state index in [1.807, 2.05) is 25.1 Å². The zero-order valence-corrected chi connectivity index (χ0v) is 9.90. The van der Waals surface area contributed by atoms with Crippen molar-refractivity contribution < 1.29 is 0 Å². The standard InChI is InChI=1S/C14H18N2/c1-12(11-16-13(2)8-9-15)10-14-6-4-3-5-7-14/h3-7,10,13,16H,8,11H2,1-2H3/b12-10+. The van der Waals surface area contributed by atoms with Crippen molar-refractivity contribution >= 4 is 6.08 Å². The van der Waals surface area contributed by atoms with Gasteiger partial charge in [0, 0.05) is 12.6 Å². The van der Waals surface area contributed by atoms with Crippen LogP contribution in [0.25, 0.3) is 6.08 Å². The van der Waals surface area contributed by atoms with Gasteiger partial charge in [0.2, 0.25) is 0 Å². The fourth-order valence-electron chi connectivity index (χ4n) is 1.43. The van der Waals surface area contributed by atoms with Crippen LogP contribution in [0.3, 0.4) is 0 Å². The van der Waals surface area contributed by atoms with Gasteiger partial charge in [-0.15, -0.1) is 0 Å². The first-order chi connectivity index (χ1) is 7.72. The molecule has 1 aromatic rings. The largest absolute Gasteiger partial charge is 0.310 e. The van der Waals surface area contributed by atoms with E-state index in [2.05, 4.69) is 36.5 Å². The van der Waals surface area contributed by atoms with Crippen LogP contribution in [0.4, 0.5) is 0 Å². The maximum atomic E-state index is 8.53. The molecule has 0 spiro atoms. The lowest BCUT2D eigenvalue weighted by atomic mass is 10.1. The molecule has 0 amide bonds. The Balaban J connectivity index is 2.44. The highest BCUT2D eigenvalue weighted by Gasteiger charge is 1.99. The fourth-order valence-corrected chi connectivity index (χ4v) is 1.43. The lowest BCUT2D eigenvalue weighted by molar-refractivity contribution is 0.587. The summed E-state index contributed by atoms with van der Waals surface area (Å²) in [5.41, 5.74) is 2.49. The molecule has 0 aliphatic rings. The number of hydrogen-bond donors (Lipinski definition) is 1. The summed E-state index contributed by atoms with van der Waals surface area (Å²) in [7, 11) is 0. The third kappa shape index (κ3) is 4.77. The smallest absolute Gasteiger partial charge is 0.0638 e. The molecule has 0 radical (unpaired) electrons. The van der Waals surface area contributed by atoms with Crippen molar-refractivity contribution in [1.82, 2.24) is 5.32 Å². The van der Waals surface area contributed by atoms with E-state index in [0.29, 0.717) is 6.42 Å². The Morgan fingerprint density at radius 1 is 1.44 bits per heavy atom. The van der Waals surface area contributed by atoms with Gasteiger partial charge in [-0.2, -0.15) is 5.26 Å². The van der Waals surface area contributed by atoms with Gasteiger partial charge in [0.15, 0.2) is 0 Å². The Bertz CT molecular complexity index is 373. The molecule has 1 atom stereocenters. The molecule has 1 rings (SSSR count). The maximum Gasteiger partial charge on any atom is 0.0638 e. The molecule has 0 aliphatic heterocycles. The molecular weight excluding hydrogens is 196 g/mol. The van der Waals surface area contributed by atoms with Crippen molar-refractivity contribution in [2.45, 2.75) is 26.3 Å². The van der Waals surface area contributed by atoms with E-state index in [-0.39, 0.29) is 6.04 Å². The van der Waals surface area contributed by atoms with Gasteiger partial charge in [-0.1, -0.05) is 42.0 Å². The molecule has 0 fully saturated rings. The second kappa shape index (κ2) is 6.81. The minimum Gasteiger partial charge on any atom is -0.310 e. The Morgan fingerprint density at radius 3 is 2.75 bits per heavy atom. The summed E-state index contributed by atoms with van der Waals surface area (Å²) in [6.45, 7) is 4.95. The molecule has 0 bridgehead atoms. The molecule has 0 heterocycles. The van der Waals surface area contributed by atoms with Crippen molar-refractivity contribution in [3.8, 4) is 6.07 Å². The van der Waals surface area contributed by atoms with E-state index in [1.54, 1.807) is 0 Å². The fraction of sp³-hybridized carbons (Fsp3) is 0.357. The summed E-state index contributed by atoms with van der Waals surface area (Å²) >= 11 is 0. The third-order valence-corrected chi connectivity index (χ3v) is 2.34. The van der Waals surface area contributed by atoms with Crippen molar-refractivity contribution in [2.24, 2.45) is 0 Å². The lowest BCUT2D eigenvalue weighted by Gasteiger charge is -2.10. The van der Waals surface area contributed by atoms with E-state index in [1.165, 1.54) is 11.1 Å². The molecular formula is C14H18N2. The van der Waals surface area contributed by atoms with Gasteiger partial charge in [-0.05, 0) is 19.4 Å². The van der Waals surface area contributed by atoms with Crippen LogP contribution in [0, 0.1) is 11.3 Å². The Kier molecular flexibility index (Phi) is 5.31. The first kappa shape index (κ1) is 12.5. The molecule has 1 N–H and O–H groups in total. The number of nitriles is 1. The minimum absolute atomic E-state index is 0.254. The third-order valence-electron chi connectivity index (χ3n) is 2.34. The summed E-state index contributed by atoms with van der Waals surface area (Å²) in [5.74, 6) is 0. The highest BCUT2D eigenvalue weighted by atomic mass is 14.9. The Hall–Kier alpha value is -1.59. The van der Waals surface area contributed by atoms with Crippen LogP contribution in [-0.2, 0) is 0 Å². The summed E-state index contributed by atoms with van der Waals surface area (Å²) in [5, 5.41) is 11.8. The van der Waals surface area contributed by atoms with Crippen LogP contribution in [0.1, 0.15) is 25.8 Å². The van der Waals surface area contributed by atoms with Gasteiger partial charge in [0.1, 0.15) is 0 Å². The van der Waals surface area contributed by atoms with Crippen molar-refractivity contribution in [3.05, 3.63) is 41.5 Å². The van der Waals surface area contributed by atoms with Crippen LogP contribution in [0.15, 0.2) is 35.9 Å². The average molecular weight is 214 g/mol. The predicted molar refractivity (Wildman–Crippen MR) is 67.8 cm³/mol. The van der Waals surface area contributed by atoms with Gasteiger partial charge in [-0.25, -0.2) is 0 Å². The van der Waals surface area contributed by atoms with Crippen molar-refractivity contribution in [3.63, 3.8) is 0 Å². The van der Waals surface area contributed by atoms with Crippen molar-refractivity contribution in [1.29, 1.82) is 5.26 Å². The molecule has 0 saturated carbocycles. The Morgan fingerprint density at radius 2 is 2.12 bits per heavy atom. The topological polar surface area (TPSA) is 35.8 Å². The van der Waals surface area contributed by atoms with E-state index < -0.39 is 0 Å². The Labute approximate surface area is 97.6 Å². The van der Waals surface area contributed by atoms with E-state index in [0.717, 1.165) is 6.54 Å². The molecule has 0 saturated heterocycles. The average Bonchev–Trinajstić information content (AvgIpc) is 2.28. The highest BCUT2D eigenvalue weighted by Crippen LogP contribution is 2.05. The second-order valence-electron chi connectivity index (χ2n) is 4.05. The number of hydrogen-bond acceptors (Lipinski definition) is 2. The molecule has 0 aliphatic carbocycles. The van der Waals surface area contributed by atoms with Crippen molar-refractivity contribution in [2.75, 3.05) is 6.54 Å². The number of nitrogens with zero attached hydrogens (tertiary/aromatic N) is 1. The minimum atomic E-state index is 0.254. The monoisotopic (exact) mass is 214 g/mol. The van der Waals surface area contributed by atoms with Crippen LogP contribution in [0.2, 0.25) is 0 Å². The first-order valence-corrected chi connectivity index (χ1v) is 5.55. The molecule has 2 heteroatoms. The SMILES string of the molecule is C/C(=C\c1ccccc1)CNC(C)CC#N. The van der Waals surface area contributed by atoms with Gasteiger partial charge in [0.05, 0.1) is 12.5 Å². The zero-order chi connectivity index (χ0) is 11.8. The quantitative estimate of drug-likeness (QED) is 0.818. The molecule has 16 heavy (non-hydrogen) atoms. The summed E-state index contributed by atoms with van der Waals surface area (Å²) in [4.78, 5) is 0. The second-order valence-corrected chi connectivity index (χ2v) is 4.05. The molecule has 1 unspecified atom stereocenters. The molecule has 2 nitrogen and oxygen atoms in total.